The van der Waals surface area contributed by atoms with Gasteiger partial charge in [0.15, 0.2) is 0 Å². The maximum atomic E-state index is 12.4. The summed E-state index contributed by atoms with van der Waals surface area (Å²) in [7, 11) is 0. The van der Waals surface area contributed by atoms with Gasteiger partial charge < -0.3 is 20.3 Å². The zero-order chi connectivity index (χ0) is 19.8. The van der Waals surface area contributed by atoms with Gasteiger partial charge in [0.1, 0.15) is 0 Å². The Labute approximate surface area is 169 Å². The van der Waals surface area contributed by atoms with Crippen LogP contribution in [0.4, 0.5) is 4.79 Å². The van der Waals surface area contributed by atoms with Crippen LogP contribution >= 0.6 is 0 Å². The predicted octanol–water partition coefficient (Wildman–Crippen LogP) is 2.44. The normalized spacial score (nSPS) is 22.6. The molecule has 2 fully saturated rings. The lowest BCUT2D eigenvalue weighted by atomic mass is 10.00. The number of hydrogen-bond acceptors (Lipinski definition) is 4. The van der Waals surface area contributed by atoms with Gasteiger partial charge in [-0.2, -0.15) is 0 Å². The summed E-state index contributed by atoms with van der Waals surface area (Å²) in [4.78, 5) is 17.2. The highest BCUT2D eigenvalue weighted by Gasteiger charge is 2.19. The fourth-order valence-electron chi connectivity index (χ4n) is 4.22. The van der Waals surface area contributed by atoms with Gasteiger partial charge in [-0.3, -0.25) is 4.90 Å². The average Bonchev–Trinajstić information content (AvgIpc) is 2.68. The highest BCUT2D eigenvalue weighted by molar-refractivity contribution is 5.74. The van der Waals surface area contributed by atoms with Crippen LogP contribution < -0.4 is 10.6 Å². The molecule has 0 aliphatic carbocycles. The Bertz CT molecular complexity index is 618. The number of morpholine rings is 1. The van der Waals surface area contributed by atoms with Gasteiger partial charge in [-0.25, -0.2) is 4.79 Å². The number of nitrogens with zero attached hydrogens (tertiary/aromatic N) is 2. The largest absolute Gasteiger partial charge is 0.379 e. The Hall–Kier alpha value is -1.63. The van der Waals surface area contributed by atoms with E-state index in [9.17, 15) is 4.79 Å². The van der Waals surface area contributed by atoms with E-state index in [0.29, 0.717) is 6.54 Å². The summed E-state index contributed by atoms with van der Waals surface area (Å²) in [6.07, 6.45) is 2.59. The molecule has 1 aromatic carbocycles. The summed E-state index contributed by atoms with van der Waals surface area (Å²) in [5.74, 6) is 0.762. The van der Waals surface area contributed by atoms with Crippen molar-refractivity contribution in [3.8, 4) is 0 Å². The van der Waals surface area contributed by atoms with Gasteiger partial charge in [0, 0.05) is 45.3 Å². The second-order valence-corrected chi connectivity index (χ2v) is 8.39. The second kappa shape index (κ2) is 10.8. The predicted molar refractivity (Wildman–Crippen MR) is 112 cm³/mol. The molecule has 0 bridgehead atoms. The summed E-state index contributed by atoms with van der Waals surface area (Å²) < 4.78 is 5.43. The number of ether oxygens (including phenoxy) is 1. The van der Waals surface area contributed by atoms with Crippen molar-refractivity contribution in [2.45, 2.75) is 45.8 Å². The first-order valence-corrected chi connectivity index (χ1v) is 10.7. The third kappa shape index (κ3) is 6.76. The first-order valence-electron chi connectivity index (χ1n) is 10.7. The van der Waals surface area contributed by atoms with Gasteiger partial charge in [0.05, 0.1) is 13.2 Å². The van der Waals surface area contributed by atoms with Crippen LogP contribution in [0.5, 0.6) is 0 Å². The van der Waals surface area contributed by atoms with Gasteiger partial charge in [0.2, 0.25) is 0 Å². The van der Waals surface area contributed by atoms with Crippen LogP contribution in [0, 0.1) is 5.92 Å². The quantitative estimate of drug-likeness (QED) is 0.753. The van der Waals surface area contributed by atoms with Crippen molar-refractivity contribution in [2.24, 2.45) is 5.92 Å². The SMILES string of the molecule is CC1CCCN(CC(C)NC(=O)NCc2ccccc2CN2CCOCC2)C1. The van der Waals surface area contributed by atoms with E-state index in [0.717, 1.165) is 58.4 Å². The standard InChI is InChI=1S/C22H36N4O2/c1-18-6-5-9-26(15-18)16-19(2)24-22(27)23-14-20-7-3-4-8-21(20)17-25-10-12-28-13-11-25/h3-4,7-8,18-19H,5-6,9-17H2,1-2H3,(H2,23,24,27). The molecule has 2 atom stereocenters. The minimum Gasteiger partial charge on any atom is -0.379 e. The summed E-state index contributed by atoms with van der Waals surface area (Å²) in [6, 6.07) is 8.44. The molecule has 1 aromatic rings. The number of nitrogens with one attached hydrogen (secondary N) is 2. The summed E-state index contributed by atoms with van der Waals surface area (Å²) in [5.41, 5.74) is 2.46. The monoisotopic (exact) mass is 388 g/mol. The fraction of sp³-hybridized carbons (Fsp3) is 0.682. The highest BCUT2D eigenvalue weighted by atomic mass is 16.5. The number of hydrogen-bond donors (Lipinski definition) is 2. The molecule has 0 spiro atoms. The fourth-order valence-corrected chi connectivity index (χ4v) is 4.22. The zero-order valence-electron chi connectivity index (χ0n) is 17.5. The molecule has 3 rings (SSSR count). The molecule has 2 unspecified atom stereocenters. The van der Waals surface area contributed by atoms with Crippen LogP contribution in [0.15, 0.2) is 24.3 Å². The molecule has 2 saturated heterocycles. The lowest BCUT2D eigenvalue weighted by molar-refractivity contribution is 0.0341. The van der Waals surface area contributed by atoms with Crippen molar-refractivity contribution in [3.05, 3.63) is 35.4 Å². The van der Waals surface area contributed by atoms with Crippen molar-refractivity contribution in [1.82, 2.24) is 20.4 Å². The third-order valence-electron chi connectivity index (χ3n) is 5.71. The van der Waals surface area contributed by atoms with Gasteiger partial charge in [-0.05, 0) is 43.4 Å². The first kappa shape index (κ1) is 21.1. The molecule has 156 valence electrons. The van der Waals surface area contributed by atoms with E-state index in [-0.39, 0.29) is 12.1 Å². The van der Waals surface area contributed by atoms with Gasteiger partial charge >= 0.3 is 6.03 Å². The van der Waals surface area contributed by atoms with Gasteiger partial charge in [-0.1, -0.05) is 31.2 Å². The minimum absolute atomic E-state index is 0.0845. The van der Waals surface area contributed by atoms with Crippen molar-refractivity contribution in [2.75, 3.05) is 45.9 Å². The van der Waals surface area contributed by atoms with Crippen LogP contribution in [-0.2, 0) is 17.8 Å². The molecule has 0 aromatic heterocycles. The van der Waals surface area contributed by atoms with Crippen molar-refractivity contribution in [1.29, 1.82) is 0 Å². The van der Waals surface area contributed by atoms with Crippen LogP contribution in [-0.4, -0.2) is 67.8 Å². The smallest absolute Gasteiger partial charge is 0.315 e. The van der Waals surface area contributed by atoms with Gasteiger partial charge in [0.25, 0.3) is 0 Å². The molecule has 2 aliphatic rings. The molecule has 2 heterocycles. The number of urea groups is 1. The minimum atomic E-state index is -0.0845. The van der Waals surface area contributed by atoms with Gasteiger partial charge in [-0.15, -0.1) is 0 Å². The van der Waals surface area contributed by atoms with E-state index in [1.165, 1.54) is 24.0 Å². The molecular weight excluding hydrogens is 352 g/mol. The van der Waals surface area contributed by atoms with E-state index in [1.807, 2.05) is 6.07 Å². The number of likely N-dealkylation sites (tertiary alicyclic amines) is 1. The van der Waals surface area contributed by atoms with E-state index >= 15 is 0 Å². The molecule has 6 nitrogen and oxygen atoms in total. The Morgan fingerprint density at radius 1 is 1.18 bits per heavy atom. The Kier molecular flexibility index (Phi) is 8.13. The molecule has 6 heteroatoms. The lowest BCUT2D eigenvalue weighted by Crippen LogP contribution is -2.47. The number of carbonyl (C=O) groups is 1. The highest BCUT2D eigenvalue weighted by Crippen LogP contribution is 2.15. The van der Waals surface area contributed by atoms with Crippen LogP contribution in [0.3, 0.4) is 0 Å². The van der Waals surface area contributed by atoms with E-state index < -0.39 is 0 Å². The molecule has 0 radical (unpaired) electrons. The summed E-state index contributed by atoms with van der Waals surface area (Å²) >= 11 is 0. The third-order valence-corrected chi connectivity index (χ3v) is 5.71. The van der Waals surface area contributed by atoms with E-state index in [2.05, 4.69) is 52.5 Å². The number of benzene rings is 1. The van der Waals surface area contributed by atoms with Crippen LogP contribution in [0.25, 0.3) is 0 Å². The molecule has 2 amide bonds. The number of piperidine rings is 1. The number of rotatable bonds is 7. The lowest BCUT2D eigenvalue weighted by Gasteiger charge is -2.32. The topological polar surface area (TPSA) is 56.8 Å². The molecule has 2 aliphatic heterocycles. The Morgan fingerprint density at radius 2 is 1.93 bits per heavy atom. The number of amides is 2. The summed E-state index contributed by atoms with van der Waals surface area (Å²) in [5, 5.41) is 6.14. The zero-order valence-corrected chi connectivity index (χ0v) is 17.5. The molecule has 0 saturated carbocycles. The maximum Gasteiger partial charge on any atom is 0.315 e. The van der Waals surface area contributed by atoms with Crippen LogP contribution in [0.2, 0.25) is 0 Å². The van der Waals surface area contributed by atoms with Crippen molar-refractivity contribution >= 4 is 6.03 Å². The van der Waals surface area contributed by atoms with Crippen molar-refractivity contribution in [3.63, 3.8) is 0 Å². The van der Waals surface area contributed by atoms with Crippen LogP contribution in [0.1, 0.15) is 37.8 Å². The molecule has 2 N–H and O–H groups in total. The first-order chi connectivity index (χ1) is 13.6. The second-order valence-electron chi connectivity index (χ2n) is 8.39. The summed E-state index contributed by atoms with van der Waals surface area (Å²) in [6.45, 7) is 12.6. The van der Waals surface area contributed by atoms with E-state index in [4.69, 9.17) is 4.74 Å². The Morgan fingerprint density at radius 3 is 2.68 bits per heavy atom. The molecular formula is C22H36N4O2. The average molecular weight is 389 g/mol. The molecule has 28 heavy (non-hydrogen) atoms. The maximum absolute atomic E-state index is 12.4. The van der Waals surface area contributed by atoms with Crippen molar-refractivity contribution < 1.29 is 9.53 Å². The Balaban J connectivity index is 1.43. The van der Waals surface area contributed by atoms with E-state index in [1.54, 1.807) is 0 Å². The number of carbonyl (C=O) groups excluding carboxylic acids is 1.